The third-order valence-electron chi connectivity index (χ3n) is 7.10. The zero-order valence-electron chi connectivity index (χ0n) is 21.0. The third kappa shape index (κ3) is 4.71. The van der Waals surface area contributed by atoms with Gasteiger partial charge in [-0.25, -0.2) is 4.98 Å². The molecule has 4 N–H and O–H groups in total. The standard InChI is InChI=1S/C27H27Cl2N7O2/c1-15(24-19(28)11-33-12-20(24)29)38-23-7-18(21(31)8-22(23)37-2)25(32)17-6-16(9-30)26(34-10-17)36-13-27(14-36)4-3-5-35-27/h6-8,10-12,15,32,35H,3-5,13-14,31H2,1-2H3/t15-/m1/s1. The summed E-state index contributed by atoms with van der Waals surface area (Å²) in [4.78, 5) is 10.7. The van der Waals surface area contributed by atoms with Crippen molar-refractivity contribution in [2.24, 2.45) is 0 Å². The largest absolute Gasteiger partial charge is 0.493 e. The molecule has 2 aliphatic heterocycles. The minimum atomic E-state index is -0.544. The molecule has 9 nitrogen and oxygen atoms in total. The number of nitrogens with one attached hydrogen (secondary N) is 2. The summed E-state index contributed by atoms with van der Waals surface area (Å²) in [6.07, 6.45) is 6.36. The summed E-state index contributed by atoms with van der Waals surface area (Å²) in [6.45, 7) is 4.47. The molecule has 11 heteroatoms. The summed E-state index contributed by atoms with van der Waals surface area (Å²) < 4.78 is 11.7. The maximum atomic E-state index is 9.85. The lowest BCUT2D eigenvalue weighted by Gasteiger charge is -2.49. The van der Waals surface area contributed by atoms with E-state index in [1.807, 2.05) is 0 Å². The molecular weight excluding hydrogens is 525 g/mol. The Labute approximate surface area is 231 Å². The number of nitrogen functional groups attached to an aromatic ring is 1. The molecule has 0 bridgehead atoms. The molecule has 2 aromatic heterocycles. The van der Waals surface area contributed by atoms with E-state index < -0.39 is 6.10 Å². The molecule has 5 rings (SSSR count). The molecule has 0 aliphatic carbocycles. The van der Waals surface area contributed by atoms with Crippen LogP contribution in [0.15, 0.2) is 36.8 Å². The summed E-state index contributed by atoms with van der Waals surface area (Å²) in [7, 11) is 1.51. The lowest BCUT2D eigenvalue weighted by atomic mass is 9.88. The van der Waals surface area contributed by atoms with E-state index in [9.17, 15) is 5.26 Å². The average molecular weight is 552 g/mol. The van der Waals surface area contributed by atoms with Gasteiger partial charge in [-0.1, -0.05) is 23.2 Å². The van der Waals surface area contributed by atoms with E-state index in [1.54, 1.807) is 31.3 Å². The molecular formula is C27H27Cl2N7O2. The number of nitrogens with zero attached hydrogens (tertiary/aromatic N) is 4. The van der Waals surface area contributed by atoms with Gasteiger partial charge in [0.2, 0.25) is 0 Å². The van der Waals surface area contributed by atoms with Gasteiger partial charge in [-0.05, 0) is 38.4 Å². The van der Waals surface area contributed by atoms with E-state index in [4.69, 9.17) is 43.8 Å². The highest BCUT2D eigenvalue weighted by Crippen LogP contribution is 2.39. The molecule has 2 fully saturated rings. The first kappa shape index (κ1) is 26.0. The van der Waals surface area contributed by atoms with Crippen molar-refractivity contribution in [2.75, 3.05) is 37.4 Å². The van der Waals surface area contributed by atoms with Crippen molar-refractivity contribution >= 4 is 40.4 Å². The Bertz CT molecular complexity index is 1420. The monoisotopic (exact) mass is 551 g/mol. The second-order valence-corrected chi connectivity index (χ2v) is 10.4. The number of halogens is 2. The Morgan fingerprint density at radius 3 is 2.58 bits per heavy atom. The SMILES string of the molecule is COc1cc(N)c(C(=N)c2cnc(N3CC4(CCCN4)C3)c(C#N)c2)cc1O[C@H](C)c1c(Cl)cncc1Cl. The van der Waals surface area contributed by atoms with E-state index in [0.717, 1.165) is 26.1 Å². The van der Waals surface area contributed by atoms with Gasteiger partial charge >= 0.3 is 0 Å². The highest BCUT2D eigenvalue weighted by atomic mass is 35.5. The number of anilines is 2. The van der Waals surface area contributed by atoms with E-state index in [-0.39, 0.29) is 11.3 Å². The number of benzene rings is 1. The summed E-state index contributed by atoms with van der Waals surface area (Å²) in [5.41, 5.74) is 8.76. The molecule has 196 valence electrons. The van der Waals surface area contributed by atoms with Gasteiger partial charge < -0.3 is 25.4 Å². The molecule has 1 spiro atoms. The molecule has 2 aliphatic rings. The lowest BCUT2D eigenvalue weighted by Crippen LogP contribution is -2.67. The van der Waals surface area contributed by atoms with Crippen LogP contribution in [0.1, 0.15) is 48.1 Å². The van der Waals surface area contributed by atoms with Crippen LogP contribution in [0.25, 0.3) is 0 Å². The van der Waals surface area contributed by atoms with Crippen LogP contribution in [0.2, 0.25) is 10.0 Å². The molecule has 0 amide bonds. The summed E-state index contributed by atoms with van der Waals surface area (Å²) in [5, 5.41) is 23.1. The Hall–Kier alpha value is -3.58. The fourth-order valence-corrected chi connectivity index (χ4v) is 5.83. The van der Waals surface area contributed by atoms with Crippen molar-refractivity contribution in [1.82, 2.24) is 15.3 Å². The number of pyridine rings is 2. The van der Waals surface area contributed by atoms with Gasteiger partial charge in [0.15, 0.2) is 11.5 Å². The molecule has 3 aromatic rings. The number of nitriles is 1. The smallest absolute Gasteiger partial charge is 0.162 e. The maximum absolute atomic E-state index is 9.85. The topological polar surface area (TPSA) is 133 Å². The first-order chi connectivity index (χ1) is 18.2. The predicted molar refractivity (Wildman–Crippen MR) is 148 cm³/mol. The van der Waals surface area contributed by atoms with Crippen LogP contribution in [0.4, 0.5) is 11.5 Å². The van der Waals surface area contributed by atoms with Gasteiger partial charge in [0.1, 0.15) is 18.0 Å². The molecule has 0 radical (unpaired) electrons. The Balaban J connectivity index is 1.42. The Morgan fingerprint density at radius 2 is 1.95 bits per heavy atom. The van der Waals surface area contributed by atoms with Gasteiger partial charge in [0.25, 0.3) is 0 Å². The van der Waals surface area contributed by atoms with Crippen LogP contribution in [0, 0.1) is 16.7 Å². The second-order valence-electron chi connectivity index (χ2n) is 9.62. The number of aromatic nitrogens is 2. The fourth-order valence-electron chi connectivity index (χ4n) is 5.16. The zero-order valence-corrected chi connectivity index (χ0v) is 22.5. The maximum Gasteiger partial charge on any atom is 0.162 e. The van der Waals surface area contributed by atoms with Crippen molar-refractivity contribution < 1.29 is 9.47 Å². The summed E-state index contributed by atoms with van der Waals surface area (Å²) in [6, 6.07) is 7.16. The highest BCUT2D eigenvalue weighted by molar-refractivity contribution is 6.35. The van der Waals surface area contributed by atoms with Gasteiger partial charge in [-0.2, -0.15) is 5.26 Å². The molecule has 0 saturated carbocycles. The van der Waals surface area contributed by atoms with Crippen LogP contribution >= 0.6 is 23.2 Å². The third-order valence-corrected chi connectivity index (χ3v) is 7.70. The number of rotatable bonds is 7. The molecule has 4 heterocycles. The number of ether oxygens (including phenoxy) is 2. The number of hydrogen-bond acceptors (Lipinski definition) is 9. The summed E-state index contributed by atoms with van der Waals surface area (Å²) in [5.74, 6) is 1.39. The van der Waals surface area contributed by atoms with Crippen LogP contribution in [-0.2, 0) is 0 Å². The number of hydrogen-bond donors (Lipinski definition) is 3. The highest BCUT2D eigenvalue weighted by Gasteiger charge is 2.45. The fraction of sp³-hybridized carbons (Fsp3) is 0.333. The van der Waals surface area contributed by atoms with Crippen molar-refractivity contribution in [1.29, 1.82) is 10.7 Å². The van der Waals surface area contributed by atoms with Gasteiger partial charge in [0.05, 0.1) is 34.0 Å². The van der Waals surface area contributed by atoms with Gasteiger partial charge in [-0.15, -0.1) is 0 Å². The van der Waals surface area contributed by atoms with Crippen LogP contribution < -0.4 is 25.4 Å². The van der Waals surface area contributed by atoms with Crippen molar-refractivity contribution in [3.8, 4) is 17.6 Å². The second kappa shape index (κ2) is 10.3. The minimum absolute atomic E-state index is 0.107. The van der Waals surface area contributed by atoms with Crippen LogP contribution in [0.3, 0.4) is 0 Å². The zero-order chi connectivity index (χ0) is 27.0. The Kier molecular flexibility index (Phi) is 7.05. The first-order valence-corrected chi connectivity index (χ1v) is 12.9. The number of nitrogens with two attached hydrogens (primary N) is 1. The first-order valence-electron chi connectivity index (χ1n) is 12.2. The van der Waals surface area contributed by atoms with E-state index >= 15 is 0 Å². The molecule has 1 aromatic carbocycles. The summed E-state index contributed by atoms with van der Waals surface area (Å²) >= 11 is 12.6. The van der Waals surface area contributed by atoms with Crippen LogP contribution in [-0.4, -0.2) is 48.0 Å². The Morgan fingerprint density at radius 1 is 1.21 bits per heavy atom. The van der Waals surface area contributed by atoms with Crippen molar-refractivity contribution in [3.05, 3.63) is 69.1 Å². The average Bonchev–Trinajstić information content (AvgIpc) is 3.38. The molecule has 0 unspecified atom stereocenters. The van der Waals surface area contributed by atoms with E-state index in [1.165, 1.54) is 25.9 Å². The van der Waals surface area contributed by atoms with Gasteiger partial charge in [-0.3, -0.25) is 10.4 Å². The van der Waals surface area contributed by atoms with E-state index in [0.29, 0.717) is 55.3 Å². The molecule has 2 saturated heterocycles. The van der Waals surface area contributed by atoms with E-state index in [2.05, 4.69) is 26.3 Å². The number of methoxy groups -OCH3 is 1. The quantitative estimate of drug-likeness (QED) is 0.283. The van der Waals surface area contributed by atoms with Gasteiger partial charge in [0, 0.05) is 60.1 Å². The van der Waals surface area contributed by atoms with Crippen molar-refractivity contribution in [2.45, 2.75) is 31.4 Å². The molecule has 1 atom stereocenters. The lowest BCUT2D eigenvalue weighted by molar-refractivity contribution is 0.216. The van der Waals surface area contributed by atoms with Crippen LogP contribution in [0.5, 0.6) is 11.5 Å². The predicted octanol–water partition coefficient (Wildman–Crippen LogP) is 4.74. The normalized spacial score (nSPS) is 16.6. The molecule has 38 heavy (non-hydrogen) atoms. The van der Waals surface area contributed by atoms with Crippen molar-refractivity contribution in [3.63, 3.8) is 0 Å². The minimum Gasteiger partial charge on any atom is -0.493 e.